The smallest absolute Gasteiger partial charge is 0.426 e. The third kappa shape index (κ3) is 7.56. The number of hydrogen-bond acceptors (Lipinski definition) is 7. The topological polar surface area (TPSA) is 81.7 Å². The molecule has 2 amide bonds. The Hall–Kier alpha value is -8.22. The first kappa shape index (κ1) is 46.2. The summed E-state index contributed by atoms with van der Waals surface area (Å²) in [7, 11) is 5.86. The number of carbonyl (C=O) groups is 1. The van der Waals surface area contributed by atoms with Crippen molar-refractivity contribution < 1.29 is 41.7 Å². The number of piperazine rings is 1. The molecule has 12 heteroatoms. The van der Waals surface area contributed by atoms with Gasteiger partial charge in [0.2, 0.25) is 5.60 Å². The number of methoxy groups -OCH3 is 4. The van der Waals surface area contributed by atoms with Crippen LogP contribution in [0.5, 0.6) is 23.0 Å². The average Bonchev–Trinajstić information content (AvgIpc) is 3.75. The minimum absolute atomic E-state index is 0.00984. The SMILES string of the molecule is COc1ccc(C2(c3ccc(OC)cc3)C=Cc3c4c(c5cc(N6CCN(C(=O)Nc7ccc(-c8ccc(-c9ccccc9)cc8)cc7)CC6)c(OC)cc5c3O2)-c2ccccc2C4(OC)C(F)(F)F)cc1. The number of nitrogens with one attached hydrogen (secondary N) is 1. The molecule has 1 atom stereocenters. The minimum atomic E-state index is -4.89. The van der Waals surface area contributed by atoms with E-state index in [4.69, 9.17) is 23.7 Å². The number of hydrogen-bond donors (Lipinski definition) is 1. The predicted octanol–water partition coefficient (Wildman–Crippen LogP) is 13.3. The van der Waals surface area contributed by atoms with Gasteiger partial charge in [-0.15, -0.1) is 0 Å². The molecule has 9 nitrogen and oxygen atoms in total. The molecule has 11 rings (SSSR count). The zero-order valence-corrected chi connectivity index (χ0v) is 40.0. The fourth-order valence-electron chi connectivity index (χ4n) is 10.7. The maximum absolute atomic E-state index is 16.2. The Kier molecular flexibility index (Phi) is 11.7. The van der Waals surface area contributed by atoms with Gasteiger partial charge in [-0.25, -0.2) is 4.79 Å². The maximum Gasteiger partial charge on any atom is 0.426 e. The number of benzene rings is 8. The van der Waals surface area contributed by atoms with Crippen molar-refractivity contribution in [3.8, 4) is 56.4 Å². The van der Waals surface area contributed by atoms with Crippen LogP contribution >= 0.6 is 0 Å². The van der Waals surface area contributed by atoms with Crippen LogP contribution in [0.3, 0.4) is 0 Å². The van der Waals surface area contributed by atoms with Gasteiger partial charge >= 0.3 is 12.2 Å². The Morgan fingerprint density at radius 2 is 1.18 bits per heavy atom. The number of fused-ring (bicyclic) bond motifs is 8. The van der Waals surface area contributed by atoms with Crippen LogP contribution in [0.2, 0.25) is 0 Å². The second-order valence-corrected chi connectivity index (χ2v) is 18.0. The van der Waals surface area contributed by atoms with Gasteiger partial charge in [0, 0.05) is 72.2 Å². The van der Waals surface area contributed by atoms with Crippen molar-refractivity contribution in [1.29, 1.82) is 0 Å². The number of nitrogens with zero attached hydrogens (tertiary/aromatic N) is 2. The van der Waals surface area contributed by atoms with Crippen molar-refractivity contribution in [2.45, 2.75) is 17.4 Å². The highest BCUT2D eigenvalue weighted by Crippen LogP contribution is 2.63. The van der Waals surface area contributed by atoms with Crippen LogP contribution in [0.15, 0.2) is 170 Å². The van der Waals surface area contributed by atoms with Crippen LogP contribution in [0, 0.1) is 0 Å². The van der Waals surface area contributed by atoms with E-state index in [1.165, 1.54) is 6.07 Å². The van der Waals surface area contributed by atoms with Crippen LogP contribution in [0.1, 0.15) is 27.8 Å². The van der Waals surface area contributed by atoms with Crippen molar-refractivity contribution in [3.05, 3.63) is 198 Å². The predicted molar refractivity (Wildman–Crippen MR) is 276 cm³/mol. The third-order valence-corrected chi connectivity index (χ3v) is 14.4. The number of urea groups is 1. The molecular weight excluding hydrogens is 916 g/mol. The average molecular weight is 966 g/mol. The first-order valence-electron chi connectivity index (χ1n) is 23.7. The fraction of sp³-hybridized carbons (Fsp3) is 0.183. The molecule has 72 heavy (non-hydrogen) atoms. The monoisotopic (exact) mass is 965 g/mol. The molecule has 8 aromatic rings. The second-order valence-electron chi connectivity index (χ2n) is 18.0. The Bertz CT molecular complexity index is 3310. The number of ether oxygens (including phenoxy) is 5. The van der Waals surface area contributed by atoms with E-state index in [0.717, 1.165) is 29.4 Å². The van der Waals surface area contributed by atoms with Crippen molar-refractivity contribution in [2.24, 2.45) is 0 Å². The Balaban J connectivity index is 0.949. The van der Waals surface area contributed by atoms with Gasteiger partial charge in [-0.05, 0) is 93.4 Å². The number of anilines is 2. The number of halogens is 3. The summed E-state index contributed by atoms with van der Waals surface area (Å²) in [4.78, 5) is 17.6. The molecule has 8 aromatic carbocycles. The van der Waals surface area contributed by atoms with Gasteiger partial charge in [0.25, 0.3) is 0 Å². The van der Waals surface area contributed by atoms with Crippen LogP contribution in [-0.2, 0) is 15.9 Å². The highest BCUT2D eigenvalue weighted by molar-refractivity contribution is 6.10. The molecule has 1 aliphatic carbocycles. The van der Waals surface area contributed by atoms with Crippen molar-refractivity contribution >= 4 is 34.3 Å². The largest absolute Gasteiger partial charge is 0.497 e. The Morgan fingerprint density at radius 3 is 1.74 bits per heavy atom. The van der Waals surface area contributed by atoms with Gasteiger partial charge in [0.1, 0.15) is 23.0 Å². The number of carbonyl (C=O) groups excluding carboxylic acids is 1. The van der Waals surface area contributed by atoms with Gasteiger partial charge < -0.3 is 38.8 Å². The highest BCUT2D eigenvalue weighted by atomic mass is 19.4. The lowest BCUT2D eigenvalue weighted by molar-refractivity contribution is -0.256. The van der Waals surface area contributed by atoms with E-state index in [0.29, 0.717) is 87.8 Å². The van der Waals surface area contributed by atoms with E-state index >= 15 is 13.2 Å². The summed E-state index contributed by atoms with van der Waals surface area (Å²) in [5.41, 5.74) is 4.00. The van der Waals surface area contributed by atoms with Gasteiger partial charge in [0.15, 0.2) is 5.60 Å². The van der Waals surface area contributed by atoms with E-state index in [1.807, 2.05) is 109 Å². The molecule has 3 aliphatic rings. The number of alkyl halides is 3. The van der Waals surface area contributed by atoms with E-state index in [1.54, 1.807) is 50.5 Å². The van der Waals surface area contributed by atoms with Gasteiger partial charge in [-0.3, -0.25) is 0 Å². The third-order valence-electron chi connectivity index (χ3n) is 14.4. The summed E-state index contributed by atoms with van der Waals surface area (Å²) in [5.74, 6) is 1.99. The van der Waals surface area contributed by atoms with Crippen LogP contribution in [0.4, 0.5) is 29.3 Å². The number of rotatable bonds is 10. The normalized spacial score (nSPS) is 16.6. The quantitative estimate of drug-likeness (QED) is 0.146. The van der Waals surface area contributed by atoms with E-state index in [9.17, 15) is 4.79 Å². The second kappa shape index (κ2) is 18.2. The first-order chi connectivity index (χ1) is 35.0. The molecule has 1 N–H and O–H groups in total. The van der Waals surface area contributed by atoms with Crippen molar-refractivity contribution in [2.75, 3.05) is 64.8 Å². The van der Waals surface area contributed by atoms with Crippen LogP contribution in [0.25, 0.3) is 50.2 Å². The van der Waals surface area contributed by atoms with Gasteiger partial charge in [0.05, 0.1) is 27.0 Å². The molecule has 362 valence electrons. The first-order valence-corrected chi connectivity index (χ1v) is 23.7. The summed E-state index contributed by atoms with van der Waals surface area (Å²) in [6.07, 6.45) is -1.34. The molecule has 2 aliphatic heterocycles. The summed E-state index contributed by atoms with van der Waals surface area (Å²) in [6.45, 7) is 1.62. The molecule has 1 saturated heterocycles. The molecule has 0 bridgehead atoms. The summed E-state index contributed by atoms with van der Waals surface area (Å²) in [5, 5.41) is 4.14. The standard InChI is InChI=1S/C60H50F3N3O6/c1-68-45-26-20-42(21-27-45)58(43-22-28-46(69-2)29-23-43)31-30-48-55-54(47-12-8-9-13-51(47)59(55,71-4)60(61,62)63)49-36-52(53(70-3)37-50(49)56(48)72-58)65-32-34-66(35-33-65)57(67)64-44-24-18-41(19-25-44)40-16-14-39(15-17-40)38-10-6-5-7-11-38/h5-31,36-37H,32-35H2,1-4H3,(H,64,67). The molecule has 0 aromatic heterocycles. The van der Waals surface area contributed by atoms with E-state index < -0.39 is 17.4 Å². The van der Waals surface area contributed by atoms with Crippen LogP contribution in [-0.4, -0.2) is 71.7 Å². The zero-order valence-electron chi connectivity index (χ0n) is 40.0. The Morgan fingerprint density at radius 1 is 0.625 bits per heavy atom. The summed E-state index contributed by atoms with van der Waals surface area (Å²) >= 11 is 0. The highest BCUT2D eigenvalue weighted by Gasteiger charge is 2.64. The van der Waals surface area contributed by atoms with E-state index in [-0.39, 0.29) is 28.5 Å². The minimum Gasteiger partial charge on any atom is -0.497 e. The molecule has 0 saturated carbocycles. The van der Waals surface area contributed by atoms with E-state index in [2.05, 4.69) is 46.6 Å². The summed E-state index contributed by atoms with van der Waals surface area (Å²) in [6, 6.07) is 51.4. The molecule has 0 radical (unpaired) electrons. The lowest BCUT2D eigenvalue weighted by Crippen LogP contribution is -2.50. The number of amides is 2. The molecule has 2 heterocycles. The zero-order chi connectivity index (χ0) is 49.8. The Labute approximate surface area is 415 Å². The fourth-order valence-corrected chi connectivity index (χ4v) is 10.7. The lowest BCUT2D eigenvalue weighted by atomic mass is 9.79. The molecular formula is C60H50F3N3O6. The molecule has 1 unspecified atom stereocenters. The molecule has 0 spiro atoms. The van der Waals surface area contributed by atoms with Crippen molar-refractivity contribution in [3.63, 3.8) is 0 Å². The van der Waals surface area contributed by atoms with Gasteiger partial charge in [-0.1, -0.05) is 121 Å². The summed E-state index contributed by atoms with van der Waals surface area (Å²) < 4.78 is 78.8. The molecule has 1 fully saturated rings. The lowest BCUT2D eigenvalue weighted by Gasteiger charge is -2.40. The van der Waals surface area contributed by atoms with Crippen molar-refractivity contribution in [1.82, 2.24) is 4.90 Å². The van der Waals surface area contributed by atoms with Crippen LogP contribution < -0.4 is 29.2 Å². The van der Waals surface area contributed by atoms with Gasteiger partial charge in [-0.2, -0.15) is 13.2 Å². The maximum atomic E-state index is 16.2.